The fourth-order valence-electron chi connectivity index (χ4n) is 4.45. The molecule has 0 aliphatic heterocycles. The van der Waals surface area contributed by atoms with E-state index in [1.165, 1.54) is 11.1 Å². The minimum absolute atomic E-state index is 0.361. The second kappa shape index (κ2) is 15.1. The number of esters is 1. The van der Waals surface area contributed by atoms with Crippen molar-refractivity contribution in [3.63, 3.8) is 0 Å². The van der Waals surface area contributed by atoms with E-state index >= 15 is 0 Å². The molecular formula is C33H38O7. The molecule has 2 aromatic carbocycles. The summed E-state index contributed by atoms with van der Waals surface area (Å²) in [6.07, 6.45) is 10.5. The van der Waals surface area contributed by atoms with Crippen LogP contribution in [0.2, 0.25) is 0 Å². The first-order valence-electron chi connectivity index (χ1n) is 14.0. The molecule has 7 heteroatoms. The second-order valence-electron chi connectivity index (χ2n) is 10.0. The topological polar surface area (TPSA) is 80.3 Å². The van der Waals surface area contributed by atoms with Gasteiger partial charge in [-0.3, -0.25) is 4.79 Å². The van der Waals surface area contributed by atoms with Gasteiger partial charge >= 0.3 is 5.97 Å². The summed E-state index contributed by atoms with van der Waals surface area (Å²) in [4.78, 5) is 23.1. The van der Waals surface area contributed by atoms with E-state index in [1.807, 2.05) is 25.1 Å². The van der Waals surface area contributed by atoms with Crippen molar-refractivity contribution in [2.24, 2.45) is 0 Å². The molecule has 0 spiro atoms. The van der Waals surface area contributed by atoms with E-state index in [2.05, 4.69) is 24.3 Å². The fourth-order valence-corrected chi connectivity index (χ4v) is 4.45. The molecule has 0 N–H and O–H groups in total. The molecule has 0 heterocycles. The van der Waals surface area contributed by atoms with Gasteiger partial charge in [0.25, 0.3) is 6.47 Å². The molecule has 7 nitrogen and oxygen atoms in total. The molecule has 2 aromatic rings. The van der Waals surface area contributed by atoms with Crippen LogP contribution in [0.3, 0.4) is 0 Å². The second-order valence-corrected chi connectivity index (χ2v) is 10.0. The summed E-state index contributed by atoms with van der Waals surface area (Å²) in [6.45, 7) is 4.17. The summed E-state index contributed by atoms with van der Waals surface area (Å²) in [6, 6.07) is 14.0. The Morgan fingerprint density at radius 1 is 0.850 bits per heavy atom. The monoisotopic (exact) mass is 546 g/mol. The highest BCUT2D eigenvalue weighted by atomic mass is 16.5. The van der Waals surface area contributed by atoms with Crippen molar-refractivity contribution < 1.29 is 33.3 Å². The molecule has 0 aromatic heterocycles. The third kappa shape index (κ3) is 9.12. The van der Waals surface area contributed by atoms with Crippen molar-refractivity contribution >= 4 is 18.2 Å². The summed E-state index contributed by atoms with van der Waals surface area (Å²) in [7, 11) is 1.67. The lowest BCUT2D eigenvalue weighted by molar-refractivity contribution is -0.130. The maximum atomic E-state index is 12.9. The average Bonchev–Trinajstić information content (AvgIpc) is 3.80. The Morgan fingerprint density at radius 2 is 1.62 bits per heavy atom. The maximum Gasteiger partial charge on any atom is 0.339 e. The van der Waals surface area contributed by atoms with Gasteiger partial charge < -0.3 is 23.7 Å². The molecule has 0 bridgehead atoms. The standard InChI is InChI=1S/C33H38O7/c1-24-20-30(22-31(21-24)40-33(35)28-13-15-29(16-14-28)38-19-5-17-36-2)39-32(27-11-12-27)26-9-7-25(8-10-26)6-3-4-18-37-23-34/h7-10,13,15,20-23H,3-6,11-12,14,16-19H2,1-2H3. The van der Waals surface area contributed by atoms with Crippen molar-refractivity contribution in [1.29, 1.82) is 0 Å². The Labute approximate surface area is 236 Å². The first-order chi connectivity index (χ1) is 19.6. The van der Waals surface area contributed by atoms with Gasteiger partial charge in [0.2, 0.25) is 0 Å². The highest BCUT2D eigenvalue weighted by Gasteiger charge is 2.22. The molecule has 0 unspecified atom stereocenters. The number of benzene rings is 2. The number of allylic oxidation sites excluding steroid dienone is 4. The van der Waals surface area contributed by atoms with Gasteiger partial charge in [-0.1, -0.05) is 24.3 Å². The van der Waals surface area contributed by atoms with Crippen LogP contribution < -0.4 is 9.47 Å². The van der Waals surface area contributed by atoms with Crippen molar-refractivity contribution in [2.45, 2.75) is 58.3 Å². The largest absolute Gasteiger partial charge is 0.498 e. The number of methoxy groups -OCH3 is 1. The Balaban J connectivity index is 1.36. The molecular weight excluding hydrogens is 508 g/mol. The van der Waals surface area contributed by atoms with E-state index < -0.39 is 0 Å². The number of rotatable bonds is 16. The molecule has 2 aliphatic carbocycles. The first kappa shape index (κ1) is 29.2. The van der Waals surface area contributed by atoms with Crippen LogP contribution in [0, 0.1) is 6.92 Å². The lowest BCUT2D eigenvalue weighted by Crippen LogP contribution is -2.14. The van der Waals surface area contributed by atoms with Crippen LogP contribution in [0.1, 0.15) is 61.6 Å². The zero-order valence-electron chi connectivity index (χ0n) is 23.4. The molecule has 0 amide bonds. The summed E-state index contributed by atoms with van der Waals surface area (Å²) >= 11 is 0. The fraction of sp³-hybridized carbons (Fsp3) is 0.394. The summed E-state index contributed by atoms with van der Waals surface area (Å²) < 4.78 is 27.7. The number of ether oxygens (including phenoxy) is 5. The van der Waals surface area contributed by atoms with E-state index in [0.717, 1.165) is 61.2 Å². The molecule has 0 atom stereocenters. The number of carbonyl (C=O) groups excluding carboxylic acids is 2. The van der Waals surface area contributed by atoms with Gasteiger partial charge in [0, 0.05) is 43.8 Å². The van der Waals surface area contributed by atoms with Gasteiger partial charge in [-0.15, -0.1) is 0 Å². The van der Waals surface area contributed by atoms with Crippen molar-refractivity contribution in [1.82, 2.24) is 0 Å². The number of carbonyl (C=O) groups is 2. The highest BCUT2D eigenvalue weighted by Crippen LogP contribution is 2.38. The minimum atomic E-state index is -0.361. The smallest absolute Gasteiger partial charge is 0.339 e. The van der Waals surface area contributed by atoms with Crippen molar-refractivity contribution in [3.8, 4) is 11.5 Å². The number of hydrogen-bond acceptors (Lipinski definition) is 7. The van der Waals surface area contributed by atoms with Gasteiger partial charge in [0.15, 0.2) is 0 Å². The van der Waals surface area contributed by atoms with Gasteiger partial charge in [0.1, 0.15) is 17.3 Å². The van der Waals surface area contributed by atoms with Crippen LogP contribution in [0.25, 0.3) is 5.76 Å². The molecule has 40 heavy (non-hydrogen) atoms. The predicted molar refractivity (Wildman–Crippen MR) is 153 cm³/mol. The maximum absolute atomic E-state index is 12.9. The van der Waals surface area contributed by atoms with E-state index in [4.69, 9.17) is 23.7 Å². The quantitative estimate of drug-likeness (QED) is 0.0768. The highest BCUT2D eigenvalue weighted by molar-refractivity contribution is 5.91. The van der Waals surface area contributed by atoms with E-state index in [-0.39, 0.29) is 5.97 Å². The molecule has 212 valence electrons. The predicted octanol–water partition coefficient (Wildman–Crippen LogP) is 6.64. The first-order valence-corrected chi connectivity index (χ1v) is 14.0. The van der Waals surface area contributed by atoms with Crippen LogP contribution >= 0.6 is 0 Å². The molecule has 0 radical (unpaired) electrons. The Hall–Kier alpha value is -3.84. The molecule has 4 rings (SSSR count). The molecule has 2 aliphatic rings. The van der Waals surface area contributed by atoms with Crippen LogP contribution in [0.4, 0.5) is 0 Å². The average molecular weight is 547 g/mol. The Morgan fingerprint density at radius 3 is 2.30 bits per heavy atom. The van der Waals surface area contributed by atoms with E-state index in [1.54, 1.807) is 19.3 Å². The minimum Gasteiger partial charge on any atom is -0.498 e. The van der Waals surface area contributed by atoms with Crippen molar-refractivity contribution in [3.05, 3.63) is 88.2 Å². The number of aryl methyl sites for hydroxylation is 2. The Kier molecular flexibility index (Phi) is 11.0. The SMILES string of the molecule is COCCCOC1=CC=C(C(=O)Oc2cc(C)cc(OC(=C3CC3)c3ccc(CCCCOC=O)cc3)c2)CC1. The molecule has 1 saturated carbocycles. The van der Waals surface area contributed by atoms with Crippen LogP contribution in [0.15, 0.2) is 71.5 Å². The van der Waals surface area contributed by atoms with Gasteiger partial charge in [-0.25, -0.2) is 4.79 Å². The normalized spacial score (nSPS) is 14.1. The third-order valence-corrected chi connectivity index (χ3v) is 6.69. The lowest BCUT2D eigenvalue weighted by Gasteiger charge is -2.16. The molecule has 1 fully saturated rings. The Bertz CT molecular complexity index is 1250. The van der Waals surface area contributed by atoms with Crippen LogP contribution in [0.5, 0.6) is 11.5 Å². The van der Waals surface area contributed by atoms with Gasteiger partial charge in [0.05, 0.1) is 19.0 Å². The summed E-state index contributed by atoms with van der Waals surface area (Å²) in [5.41, 5.74) is 5.10. The zero-order chi connectivity index (χ0) is 28.2. The van der Waals surface area contributed by atoms with Crippen LogP contribution in [-0.2, 0) is 30.2 Å². The van der Waals surface area contributed by atoms with E-state index in [9.17, 15) is 9.59 Å². The van der Waals surface area contributed by atoms with Crippen LogP contribution in [-0.4, -0.2) is 39.4 Å². The van der Waals surface area contributed by atoms with Crippen molar-refractivity contribution in [2.75, 3.05) is 26.9 Å². The zero-order valence-corrected chi connectivity index (χ0v) is 23.4. The third-order valence-electron chi connectivity index (χ3n) is 6.69. The van der Waals surface area contributed by atoms with E-state index in [0.29, 0.717) is 56.2 Å². The molecule has 0 saturated heterocycles. The van der Waals surface area contributed by atoms with Gasteiger partial charge in [-0.2, -0.15) is 0 Å². The summed E-state index contributed by atoms with van der Waals surface area (Å²) in [5.74, 6) is 2.48. The lowest BCUT2D eigenvalue weighted by atomic mass is 10.0. The van der Waals surface area contributed by atoms with Gasteiger partial charge in [-0.05, 0) is 86.4 Å². The number of hydrogen-bond donors (Lipinski definition) is 0. The summed E-state index contributed by atoms with van der Waals surface area (Å²) in [5, 5.41) is 0. The number of unbranched alkanes of at least 4 members (excludes halogenated alkanes) is 1.